The second-order valence-corrected chi connectivity index (χ2v) is 7.61. The molecule has 1 nitrogen and oxygen atoms in total. The summed E-state index contributed by atoms with van der Waals surface area (Å²) in [5.74, 6) is -1.17. The van der Waals surface area contributed by atoms with Gasteiger partial charge in [0.15, 0.2) is 0 Å². The number of aliphatic imine (C=N–C) groups is 1. The Morgan fingerprint density at radius 1 is 0.767 bits per heavy atom. The van der Waals surface area contributed by atoms with Gasteiger partial charge in [0, 0.05) is 11.6 Å². The van der Waals surface area contributed by atoms with Crippen LogP contribution in [0.1, 0.15) is 44.6 Å². The van der Waals surface area contributed by atoms with Gasteiger partial charge in [-0.15, -0.1) is 0 Å². The molecule has 0 unspecified atom stereocenters. The van der Waals surface area contributed by atoms with Crippen molar-refractivity contribution in [3.05, 3.63) is 77.9 Å². The second-order valence-electron chi connectivity index (χ2n) is 7.43. The first-order chi connectivity index (χ1) is 14.6. The number of nitrogens with zero attached hydrogens (tertiary/aromatic N) is 1. The van der Waals surface area contributed by atoms with Crippen LogP contribution in [0.4, 0.5) is 14.5 Å². The number of hydrogen-bond donors (Lipinski definition) is 0. The molecule has 3 aromatic rings. The zero-order chi connectivity index (χ0) is 21.3. The maximum Gasteiger partial charge on any atom is 0.150 e. The van der Waals surface area contributed by atoms with E-state index in [4.69, 9.17) is 0 Å². The van der Waals surface area contributed by atoms with Crippen LogP contribution in [0, 0.1) is 11.6 Å². The summed E-state index contributed by atoms with van der Waals surface area (Å²) in [5.41, 5.74) is 4.15. The highest BCUT2D eigenvalue weighted by Gasteiger charge is 2.11. The van der Waals surface area contributed by atoms with Crippen molar-refractivity contribution in [3.63, 3.8) is 0 Å². The van der Waals surface area contributed by atoms with Gasteiger partial charge < -0.3 is 0 Å². The van der Waals surface area contributed by atoms with Gasteiger partial charge in [-0.25, -0.2) is 8.78 Å². The molecule has 154 valence electrons. The van der Waals surface area contributed by atoms with Crippen molar-refractivity contribution in [2.75, 3.05) is 0 Å². The average Bonchev–Trinajstić information content (AvgIpc) is 2.77. The molecule has 0 fully saturated rings. The molecule has 3 aromatic carbocycles. The van der Waals surface area contributed by atoms with E-state index in [0.717, 1.165) is 29.7 Å². The number of rotatable bonds is 9. The van der Waals surface area contributed by atoms with Gasteiger partial charge in [-0.05, 0) is 53.4 Å². The number of halogens is 2. The van der Waals surface area contributed by atoms with Gasteiger partial charge >= 0.3 is 0 Å². The average molecular weight is 422 g/mol. The van der Waals surface area contributed by atoms with E-state index in [-0.39, 0.29) is 11.3 Å². The molecular weight excluding hydrogens is 396 g/mol. The smallest absolute Gasteiger partial charge is 0.150 e. The number of aryl methyl sites for hydroxylation is 1. The molecule has 3 rings (SSSR count). The first kappa shape index (κ1) is 22.0. The minimum absolute atomic E-state index is 0.145. The van der Waals surface area contributed by atoms with E-state index < -0.39 is 11.6 Å². The molecule has 0 aliphatic heterocycles. The lowest BCUT2D eigenvalue weighted by Gasteiger charge is -2.08. The molecule has 0 saturated heterocycles. The summed E-state index contributed by atoms with van der Waals surface area (Å²) in [7, 11) is 0. The molecule has 0 heterocycles. The zero-order valence-corrected chi connectivity index (χ0v) is 17.9. The number of thiocarbonyl (C=S) groups is 1. The molecule has 0 aliphatic carbocycles. The summed E-state index contributed by atoms with van der Waals surface area (Å²) < 4.78 is 28.5. The molecular formula is C26H25F2NS. The zero-order valence-electron chi connectivity index (χ0n) is 17.1. The van der Waals surface area contributed by atoms with Crippen LogP contribution >= 0.6 is 12.2 Å². The van der Waals surface area contributed by atoms with Gasteiger partial charge in [0.1, 0.15) is 17.3 Å². The van der Waals surface area contributed by atoms with Gasteiger partial charge in [0.05, 0.1) is 5.16 Å². The van der Waals surface area contributed by atoms with Crippen LogP contribution in [0.5, 0.6) is 0 Å². The number of isothiocyanates is 1. The maximum absolute atomic E-state index is 14.4. The van der Waals surface area contributed by atoms with Crippen molar-refractivity contribution in [3.8, 4) is 22.3 Å². The van der Waals surface area contributed by atoms with Gasteiger partial charge in [-0.2, -0.15) is 4.99 Å². The Bertz CT molecular complexity index is 1020. The van der Waals surface area contributed by atoms with E-state index in [0.29, 0.717) is 5.56 Å². The predicted octanol–water partition coefficient (Wildman–Crippen LogP) is 8.55. The summed E-state index contributed by atoms with van der Waals surface area (Å²) in [4.78, 5) is 3.54. The van der Waals surface area contributed by atoms with Crippen LogP contribution in [0.15, 0.2) is 65.7 Å². The summed E-state index contributed by atoms with van der Waals surface area (Å²) in [5, 5.41) is 2.06. The van der Waals surface area contributed by atoms with Gasteiger partial charge in [0.25, 0.3) is 0 Å². The molecule has 0 atom stereocenters. The molecule has 0 radical (unpaired) electrons. The van der Waals surface area contributed by atoms with Crippen LogP contribution in [-0.4, -0.2) is 5.16 Å². The SMILES string of the molecule is CCCCCCCc1ccc(-c2ccc(-c3cc(F)c(N=C=S)cc3F)cc2)cc1. The van der Waals surface area contributed by atoms with Crippen molar-refractivity contribution >= 4 is 23.1 Å². The van der Waals surface area contributed by atoms with E-state index >= 15 is 0 Å². The van der Waals surface area contributed by atoms with Crippen molar-refractivity contribution < 1.29 is 8.78 Å². The third-order valence-corrected chi connectivity index (χ3v) is 5.35. The summed E-state index contributed by atoms with van der Waals surface area (Å²) in [6.07, 6.45) is 7.52. The highest BCUT2D eigenvalue weighted by molar-refractivity contribution is 7.78. The van der Waals surface area contributed by atoms with E-state index in [9.17, 15) is 8.78 Å². The molecule has 0 N–H and O–H groups in total. The largest absolute Gasteiger partial charge is 0.206 e. The maximum atomic E-state index is 14.4. The Labute approximate surface area is 182 Å². The quantitative estimate of drug-likeness (QED) is 0.191. The van der Waals surface area contributed by atoms with Gasteiger partial charge in [-0.3, -0.25) is 0 Å². The summed E-state index contributed by atoms with van der Waals surface area (Å²) in [6, 6.07) is 18.2. The van der Waals surface area contributed by atoms with E-state index in [1.54, 1.807) is 12.1 Å². The van der Waals surface area contributed by atoms with Crippen molar-refractivity contribution in [1.82, 2.24) is 0 Å². The molecule has 0 amide bonds. The van der Waals surface area contributed by atoms with Crippen molar-refractivity contribution in [1.29, 1.82) is 0 Å². The van der Waals surface area contributed by atoms with Crippen molar-refractivity contribution in [2.45, 2.75) is 45.4 Å². The Morgan fingerprint density at radius 3 is 2.00 bits per heavy atom. The normalized spacial score (nSPS) is 10.6. The van der Waals surface area contributed by atoms with Crippen LogP contribution in [0.2, 0.25) is 0 Å². The molecule has 0 bridgehead atoms. The monoisotopic (exact) mass is 421 g/mol. The predicted molar refractivity (Wildman–Crippen MR) is 124 cm³/mol. The minimum atomic E-state index is -0.627. The Hall–Kier alpha value is -2.68. The third kappa shape index (κ3) is 5.69. The lowest BCUT2D eigenvalue weighted by atomic mass is 9.98. The van der Waals surface area contributed by atoms with Crippen LogP contribution in [-0.2, 0) is 6.42 Å². The van der Waals surface area contributed by atoms with Crippen LogP contribution in [0.25, 0.3) is 22.3 Å². The molecule has 0 saturated carbocycles. The van der Waals surface area contributed by atoms with Crippen molar-refractivity contribution in [2.24, 2.45) is 4.99 Å². The number of benzene rings is 3. The number of unbranched alkanes of at least 4 members (excludes halogenated alkanes) is 4. The fraction of sp³-hybridized carbons (Fsp3) is 0.269. The minimum Gasteiger partial charge on any atom is -0.206 e. The second kappa shape index (κ2) is 10.9. The fourth-order valence-corrected chi connectivity index (χ4v) is 3.63. The fourth-order valence-electron chi connectivity index (χ4n) is 3.53. The molecule has 4 heteroatoms. The highest BCUT2D eigenvalue weighted by Crippen LogP contribution is 2.31. The van der Waals surface area contributed by atoms with Gasteiger partial charge in [0.2, 0.25) is 0 Å². The molecule has 0 aliphatic rings. The Morgan fingerprint density at radius 2 is 1.37 bits per heavy atom. The summed E-state index contributed by atoms with van der Waals surface area (Å²) in [6.45, 7) is 2.23. The lowest BCUT2D eigenvalue weighted by Crippen LogP contribution is -1.89. The lowest BCUT2D eigenvalue weighted by molar-refractivity contribution is 0.605. The van der Waals surface area contributed by atoms with Gasteiger partial charge in [-0.1, -0.05) is 81.1 Å². The Balaban J connectivity index is 1.70. The first-order valence-electron chi connectivity index (χ1n) is 10.4. The summed E-state index contributed by atoms with van der Waals surface area (Å²) >= 11 is 4.46. The molecule has 0 spiro atoms. The third-order valence-electron chi connectivity index (χ3n) is 5.25. The Kier molecular flexibility index (Phi) is 8.01. The molecule has 30 heavy (non-hydrogen) atoms. The first-order valence-corrected chi connectivity index (χ1v) is 10.8. The highest BCUT2D eigenvalue weighted by atomic mass is 32.1. The van der Waals surface area contributed by atoms with Crippen LogP contribution in [0.3, 0.4) is 0 Å². The van der Waals surface area contributed by atoms with Crippen LogP contribution < -0.4 is 0 Å². The topological polar surface area (TPSA) is 12.4 Å². The standard InChI is InChI=1S/C26H25F2NS/c1-2-3-4-5-6-7-19-8-10-20(11-9-19)21-12-14-22(15-13-21)23-16-25(28)26(29-18-30)17-24(23)27/h8-17H,2-7H2,1H3. The van der Waals surface area contributed by atoms with E-state index in [1.165, 1.54) is 37.7 Å². The van der Waals surface area contributed by atoms with E-state index in [2.05, 4.69) is 53.6 Å². The number of hydrogen-bond acceptors (Lipinski definition) is 2. The van der Waals surface area contributed by atoms with E-state index in [1.807, 2.05) is 12.1 Å². The molecule has 0 aromatic heterocycles.